The maximum absolute atomic E-state index is 13.0. The van der Waals surface area contributed by atoms with Gasteiger partial charge in [-0.1, -0.05) is 0 Å². The van der Waals surface area contributed by atoms with Gasteiger partial charge in [-0.05, 0) is 31.4 Å². The molecular formula is C16H19N3O3. The van der Waals surface area contributed by atoms with Crippen LogP contribution in [0.2, 0.25) is 0 Å². The van der Waals surface area contributed by atoms with Gasteiger partial charge in [0.25, 0.3) is 5.91 Å². The van der Waals surface area contributed by atoms with Gasteiger partial charge in [-0.25, -0.2) is 4.52 Å². The van der Waals surface area contributed by atoms with Crippen molar-refractivity contribution in [1.29, 1.82) is 0 Å². The number of aromatic nitrogens is 2. The van der Waals surface area contributed by atoms with Crippen molar-refractivity contribution in [3.05, 3.63) is 30.1 Å². The highest BCUT2D eigenvalue weighted by molar-refractivity contribution is 6.02. The molecule has 1 aliphatic carbocycles. The Labute approximate surface area is 128 Å². The molecular weight excluding hydrogens is 282 g/mol. The molecule has 1 amide bonds. The van der Waals surface area contributed by atoms with E-state index in [1.807, 2.05) is 23.2 Å². The van der Waals surface area contributed by atoms with E-state index < -0.39 is 0 Å². The summed E-state index contributed by atoms with van der Waals surface area (Å²) in [4.78, 5) is 15.0. The number of hydrogen-bond donors (Lipinski definition) is 0. The fourth-order valence-electron chi connectivity index (χ4n) is 3.67. The third kappa shape index (κ3) is 1.98. The van der Waals surface area contributed by atoms with Crippen LogP contribution in [-0.4, -0.2) is 52.8 Å². The van der Waals surface area contributed by atoms with Gasteiger partial charge in [0.15, 0.2) is 0 Å². The number of methoxy groups -OCH3 is 1. The molecule has 1 saturated carbocycles. The average molecular weight is 301 g/mol. The number of morpholine rings is 1. The van der Waals surface area contributed by atoms with Crippen molar-refractivity contribution < 1.29 is 14.3 Å². The fourth-order valence-corrected chi connectivity index (χ4v) is 3.67. The summed E-state index contributed by atoms with van der Waals surface area (Å²) in [6, 6.07) is 3.91. The highest BCUT2D eigenvalue weighted by Crippen LogP contribution is 2.32. The number of carbonyl (C=O) groups is 1. The molecule has 0 unspecified atom stereocenters. The molecule has 0 spiro atoms. The average Bonchev–Trinajstić information content (AvgIpc) is 3.20. The number of hydrogen-bond acceptors (Lipinski definition) is 4. The highest BCUT2D eigenvalue weighted by Gasteiger charge is 2.39. The second-order valence-electron chi connectivity index (χ2n) is 5.83. The number of fused-ring (bicyclic) bond motifs is 2. The molecule has 2 fully saturated rings. The van der Waals surface area contributed by atoms with Crippen LogP contribution in [0.1, 0.15) is 29.6 Å². The van der Waals surface area contributed by atoms with E-state index in [1.54, 1.807) is 17.8 Å². The minimum absolute atomic E-state index is 0.0275. The SMILES string of the molecule is COc1cccn2ncc(C(=O)N3CCO[C@H]4CCC[C@H]43)c12. The summed E-state index contributed by atoms with van der Waals surface area (Å²) in [7, 11) is 1.61. The van der Waals surface area contributed by atoms with E-state index in [0.29, 0.717) is 24.5 Å². The van der Waals surface area contributed by atoms with Gasteiger partial charge in [0, 0.05) is 12.7 Å². The molecule has 0 bridgehead atoms. The van der Waals surface area contributed by atoms with Gasteiger partial charge in [-0.2, -0.15) is 5.10 Å². The lowest BCUT2D eigenvalue weighted by atomic mass is 10.1. The smallest absolute Gasteiger partial charge is 0.258 e. The van der Waals surface area contributed by atoms with Gasteiger partial charge in [0.2, 0.25) is 0 Å². The lowest BCUT2D eigenvalue weighted by molar-refractivity contribution is -0.0444. The molecule has 0 N–H and O–H groups in total. The van der Waals surface area contributed by atoms with E-state index in [1.165, 1.54) is 0 Å². The van der Waals surface area contributed by atoms with Crippen molar-refractivity contribution in [2.45, 2.75) is 31.4 Å². The van der Waals surface area contributed by atoms with Gasteiger partial charge < -0.3 is 14.4 Å². The van der Waals surface area contributed by atoms with Crippen molar-refractivity contribution in [1.82, 2.24) is 14.5 Å². The topological polar surface area (TPSA) is 56.1 Å². The number of amides is 1. The normalized spacial score (nSPS) is 24.5. The number of carbonyl (C=O) groups excluding carboxylic acids is 1. The molecule has 2 atom stereocenters. The number of nitrogens with zero attached hydrogens (tertiary/aromatic N) is 3. The Kier molecular flexibility index (Phi) is 3.26. The number of ether oxygens (including phenoxy) is 2. The van der Waals surface area contributed by atoms with Gasteiger partial charge in [-0.15, -0.1) is 0 Å². The molecule has 1 aliphatic heterocycles. The lowest BCUT2D eigenvalue weighted by Crippen LogP contribution is -2.51. The molecule has 2 aliphatic rings. The fraction of sp³-hybridized carbons (Fsp3) is 0.500. The summed E-state index contributed by atoms with van der Waals surface area (Å²) >= 11 is 0. The van der Waals surface area contributed by atoms with Gasteiger partial charge >= 0.3 is 0 Å². The summed E-state index contributed by atoms with van der Waals surface area (Å²) in [5.74, 6) is 0.694. The minimum atomic E-state index is 0.0275. The Morgan fingerprint density at radius 2 is 2.36 bits per heavy atom. The Hall–Kier alpha value is -2.08. The zero-order chi connectivity index (χ0) is 15.1. The molecule has 0 aromatic carbocycles. The van der Waals surface area contributed by atoms with Crippen LogP contribution in [0, 0.1) is 0 Å². The third-order valence-corrected chi connectivity index (χ3v) is 4.70. The molecule has 6 nitrogen and oxygen atoms in total. The Morgan fingerprint density at radius 1 is 1.45 bits per heavy atom. The van der Waals surface area contributed by atoms with E-state index in [0.717, 1.165) is 24.8 Å². The van der Waals surface area contributed by atoms with E-state index in [-0.39, 0.29) is 18.1 Å². The zero-order valence-corrected chi connectivity index (χ0v) is 12.6. The molecule has 6 heteroatoms. The van der Waals surface area contributed by atoms with E-state index in [9.17, 15) is 4.79 Å². The number of pyridine rings is 1. The van der Waals surface area contributed by atoms with Crippen LogP contribution in [0.5, 0.6) is 5.75 Å². The summed E-state index contributed by atoms with van der Waals surface area (Å²) in [6.45, 7) is 1.26. The quantitative estimate of drug-likeness (QED) is 0.848. The van der Waals surface area contributed by atoms with Gasteiger partial charge in [0.05, 0.1) is 37.6 Å². The second-order valence-corrected chi connectivity index (χ2v) is 5.83. The standard InChI is InChI=1S/C16H19N3O3/c1-21-14-6-3-7-19-15(14)11(10-17-19)16(20)18-8-9-22-13-5-2-4-12(13)18/h3,6-7,10,12-13H,2,4-5,8-9H2,1H3/t12-,13+/m1/s1. The van der Waals surface area contributed by atoms with Crippen LogP contribution in [0.4, 0.5) is 0 Å². The number of rotatable bonds is 2. The maximum atomic E-state index is 13.0. The van der Waals surface area contributed by atoms with E-state index in [4.69, 9.17) is 9.47 Å². The zero-order valence-electron chi connectivity index (χ0n) is 12.6. The van der Waals surface area contributed by atoms with Crippen molar-refractivity contribution >= 4 is 11.4 Å². The van der Waals surface area contributed by atoms with Crippen molar-refractivity contribution in [3.63, 3.8) is 0 Å². The molecule has 116 valence electrons. The lowest BCUT2D eigenvalue weighted by Gasteiger charge is -2.37. The van der Waals surface area contributed by atoms with Gasteiger partial charge in [-0.3, -0.25) is 4.79 Å². The first-order valence-electron chi connectivity index (χ1n) is 7.72. The van der Waals surface area contributed by atoms with Crippen LogP contribution in [0.15, 0.2) is 24.5 Å². The Balaban J connectivity index is 1.73. The van der Waals surface area contributed by atoms with Crippen molar-refractivity contribution in [2.75, 3.05) is 20.3 Å². The third-order valence-electron chi connectivity index (χ3n) is 4.70. The van der Waals surface area contributed by atoms with Crippen LogP contribution in [0.25, 0.3) is 5.52 Å². The highest BCUT2D eigenvalue weighted by atomic mass is 16.5. The van der Waals surface area contributed by atoms with Crippen LogP contribution in [0.3, 0.4) is 0 Å². The van der Waals surface area contributed by atoms with Crippen LogP contribution < -0.4 is 4.74 Å². The molecule has 0 radical (unpaired) electrons. The van der Waals surface area contributed by atoms with Gasteiger partial charge in [0.1, 0.15) is 11.3 Å². The molecule has 4 rings (SSSR count). The molecule has 1 saturated heterocycles. The Bertz CT molecular complexity index is 712. The molecule has 3 heterocycles. The summed E-state index contributed by atoms with van der Waals surface area (Å²) in [5, 5.41) is 4.29. The first kappa shape index (κ1) is 13.6. The maximum Gasteiger partial charge on any atom is 0.258 e. The van der Waals surface area contributed by atoms with Crippen molar-refractivity contribution in [2.24, 2.45) is 0 Å². The minimum Gasteiger partial charge on any atom is -0.494 e. The Morgan fingerprint density at radius 3 is 3.23 bits per heavy atom. The van der Waals surface area contributed by atoms with Crippen LogP contribution >= 0.6 is 0 Å². The molecule has 22 heavy (non-hydrogen) atoms. The predicted octanol–water partition coefficient (Wildman–Crippen LogP) is 1.74. The summed E-state index contributed by atoms with van der Waals surface area (Å²) in [6.07, 6.45) is 6.85. The monoisotopic (exact) mass is 301 g/mol. The van der Waals surface area contributed by atoms with E-state index >= 15 is 0 Å². The van der Waals surface area contributed by atoms with E-state index in [2.05, 4.69) is 5.10 Å². The van der Waals surface area contributed by atoms with Crippen LogP contribution in [-0.2, 0) is 4.74 Å². The summed E-state index contributed by atoms with van der Waals surface area (Å²) < 4.78 is 12.9. The second kappa shape index (κ2) is 5.28. The van der Waals surface area contributed by atoms with Crippen molar-refractivity contribution in [3.8, 4) is 5.75 Å². The predicted molar refractivity (Wildman–Crippen MR) is 80.2 cm³/mol. The molecule has 2 aromatic rings. The first-order chi connectivity index (χ1) is 10.8. The summed E-state index contributed by atoms with van der Waals surface area (Å²) in [5.41, 5.74) is 1.33. The molecule has 2 aromatic heterocycles. The first-order valence-corrected chi connectivity index (χ1v) is 7.72. The largest absolute Gasteiger partial charge is 0.494 e.